The van der Waals surface area contributed by atoms with Crippen molar-refractivity contribution in [1.82, 2.24) is 0 Å². The van der Waals surface area contributed by atoms with E-state index in [9.17, 15) is 4.79 Å². The minimum absolute atomic E-state index is 0.126. The number of carbonyl (C=O) groups is 1. The standard InChI is InChI=1S/C7H6O2S/c8-7(5-4-9-5)6-2-1-3-10-6/h1-3,5H,4H2. The second-order valence-electron chi connectivity index (χ2n) is 2.16. The molecule has 0 amide bonds. The number of hydrogen-bond acceptors (Lipinski definition) is 3. The van der Waals surface area contributed by atoms with E-state index in [1.807, 2.05) is 17.5 Å². The van der Waals surface area contributed by atoms with Crippen molar-refractivity contribution in [2.24, 2.45) is 0 Å². The fourth-order valence-electron chi connectivity index (χ4n) is 0.777. The fourth-order valence-corrected chi connectivity index (χ4v) is 1.49. The van der Waals surface area contributed by atoms with Crippen molar-refractivity contribution in [3.63, 3.8) is 0 Å². The Labute approximate surface area is 62.4 Å². The van der Waals surface area contributed by atoms with Crippen LogP contribution < -0.4 is 0 Å². The average Bonchev–Trinajstić information content (AvgIpc) is 2.65. The Kier molecular flexibility index (Phi) is 1.32. The number of ketones is 1. The van der Waals surface area contributed by atoms with Crippen molar-refractivity contribution in [3.05, 3.63) is 22.4 Å². The molecule has 0 N–H and O–H groups in total. The number of Topliss-reactive ketones (excluding diaryl/α,β-unsaturated/α-hetero) is 1. The van der Waals surface area contributed by atoms with Gasteiger partial charge in [0.25, 0.3) is 0 Å². The average molecular weight is 154 g/mol. The van der Waals surface area contributed by atoms with E-state index in [2.05, 4.69) is 0 Å². The van der Waals surface area contributed by atoms with E-state index in [1.165, 1.54) is 11.3 Å². The highest BCUT2D eigenvalue weighted by molar-refractivity contribution is 7.12. The number of epoxide rings is 1. The quantitative estimate of drug-likeness (QED) is 0.475. The van der Waals surface area contributed by atoms with Gasteiger partial charge in [-0.3, -0.25) is 4.79 Å². The van der Waals surface area contributed by atoms with Crippen LogP contribution in [-0.4, -0.2) is 18.5 Å². The molecule has 3 heteroatoms. The van der Waals surface area contributed by atoms with Gasteiger partial charge in [0.1, 0.15) is 6.10 Å². The molecule has 0 saturated carbocycles. The lowest BCUT2D eigenvalue weighted by Crippen LogP contribution is -2.03. The van der Waals surface area contributed by atoms with Gasteiger partial charge in [-0.05, 0) is 11.4 Å². The molecule has 10 heavy (non-hydrogen) atoms. The summed E-state index contributed by atoms with van der Waals surface area (Å²) in [7, 11) is 0. The van der Waals surface area contributed by atoms with E-state index >= 15 is 0 Å². The fraction of sp³-hybridized carbons (Fsp3) is 0.286. The topological polar surface area (TPSA) is 29.6 Å². The summed E-state index contributed by atoms with van der Waals surface area (Å²) >= 11 is 1.47. The minimum Gasteiger partial charge on any atom is -0.364 e. The number of thiophene rings is 1. The van der Waals surface area contributed by atoms with Gasteiger partial charge in [0.2, 0.25) is 5.78 Å². The Morgan fingerprint density at radius 2 is 2.60 bits per heavy atom. The highest BCUT2D eigenvalue weighted by Gasteiger charge is 2.32. The molecule has 1 fully saturated rings. The molecule has 0 spiro atoms. The molecule has 2 rings (SSSR count). The van der Waals surface area contributed by atoms with Crippen LogP contribution in [0.15, 0.2) is 17.5 Å². The van der Waals surface area contributed by atoms with Gasteiger partial charge in [0, 0.05) is 0 Å². The van der Waals surface area contributed by atoms with Crippen molar-refractivity contribution >= 4 is 17.1 Å². The number of hydrogen-bond donors (Lipinski definition) is 0. The first-order chi connectivity index (χ1) is 4.88. The molecule has 0 aromatic carbocycles. The third kappa shape index (κ3) is 0.978. The van der Waals surface area contributed by atoms with Crippen LogP contribution in [0.5, 0.6) is 0 Å². The Morgan fingerprint density at radius 3 is 3.10 bits per heavy atom. The zero-order chi connectivity index (χ0) is 6.97. The molecule has 1 aromatic rings. The first-order valence-electron chi connectivity index (χ1n) is 3.07. The molecule has 0 radical (unpaired) electrons. The predicted octanol–water partition coefficient (Wildman–Crippen LogP) is 1.33. The SMILES string of the molecule is O=C(c1cccs1)C1CO1. The zero-order valence-electron chi connectivity index (χ0n) is 5.24. The van der Waals surface area contributed by atoms with E-state index in [0.29, 0.717) is 6.61 Å². The zero-order valence-corrected chi connectivity index (χ0v) is 6.06. The summed E-state index contributed by atoms with van der Waals surface area (Å²) in [6.45, 7) is 0.608. The van der Waals surface area contributed by atoms with Crippen LogP contribution in [-0.2, 0) is 4.74 Å². The van der Waals surface area contributed by atoms with Gasteiger partial charge in [0.15, 0.2) is 0 Å². The molecular formula is C7H6O2S. The molecule has 0 aliphatic carbocycles. The van der Waals surface area contributed by atoms with E-state index < -0.39 is 0 Å². The Hall–Kier alpha value is -0.670. The van der Waals surface area contributed by atoms with Gasteiger partial charge in [-0.1, -0.05) is 6.07 Å². The summed E-state index contributed by atoms with van der Waals surface area (Å²) in [4.78, 5) is 12.0. The van der Waals surface area contributed by atoms with E-state index in [0.717, 1.165) is 4.88 Å². The van der Waals surface area contributed by atoms with Gasteiger partial charge in [-0.15, -0.1) is 11.3 Å². The lowest BCUT2D eigenvalue weighted by atomic mass is 10.2. The Morgan fingerprint density at radius 1 is 1.80 bits per heavy atom. The van der Waals surface area contributed by atoms with Crippen molar-refractivity contribution in [2.45, 2.75) is 6.10 Å². The van der Waals surface area contributed by atoms with E-state index in [-0.39, 0.29) is 11.9 Å². The summed E-state index contributed by atoms with van der Waals surface area (Å²) in [6, 6.07) is 3.70. The van der Waals surface area contributed by atoms with Crippen molar-refractivity contribution in [3.8, 4) is 0 Å². The maximum atomic E-state index is 11.2. The van der Waals surface area contributed by atoms with E-state index in [4.69, 9.17) is 4.74 Å². The summed E-state index contributed by atoms with van der Waals surface area (Å²) < 4.78 is 4.85. The first-order valence-corrected chi connectivity index (χ1v) is 3.95. The molecule has 1 aliphatic rings. The normalized spacial score (nSPS) is 22.6. The first kappa shape index (κ1) is 6.07. The van der Waals surface area contributed by atoms with Crippen LogP contribution in [0.4, 0.5) is 0 Å². The summed E-state index contributed by atoms with van der Waals surface area (Å²) in [5.74, 6) is 0.134. The van der Waals surface area contributed by atoms with Crippen LogP contribution in [0.2, 0.25) is 0 Å². The molecule has 1 unspecified atom stereocenters. The molecule has 1 saturated heterocycles. The van der Waals surface area contributed by atoms with Crippen LogP contribution in [0, 0.1) is 0 Å². The number of ether oxygens (including phenoxy) is 1. The minimum atomic E-state index is -0.126. The number of carbonyl (C=O) groups excluding carboxylic acids is 1. The monoisotopic (exact) mass is 154 g/mol. The maximum absolute atomic E-state index is 11.2. The molecule has 2 nitrogen and oxygen atoms in total. The largest absolute Gasteiger partial charge is 0.364 e. The van der Waals surface area contributed by atoms with Gasteiger partial charge in [0.05, 0.1) is 11.5 Å². The lowest BCUT2D eigenvalue weighted by Gasteiger charge is -1.86. The van der Waals surface area contributed by atoms with Crippen molar-refractivity contribution in [1.29, 1.82) is 0 Å². The molecule has 2 heterocycles. The highest BCUT2D eigenvalue weighted by Crippen LogP contribution is 2.19. The molecule has 1 aliphatic heterocycles. The third-order valence-corrected chi connectivity index (χ3v) is 2.27. The lowest BCUT2D eigenvalue weighted by molar-refractivity contribution is 0.0957. The maximum Gasteiger partial charge on any atom is 0.203 e. The molecular weight excluding hydrogens is 148 g/mol. The van der Waals surface area contributed by atoms with Crippen LogP contribution in [0.3, 0.4) is 0 Å². The van der Waals surface area contributed by atoms with Gasteiger partial charge >= 0.3 is 0 Å². The van der Waals surface area contributed by atoms with Gasteiger partial charge in [-0.2, -0.15) is 0 Å². The predicted molar refractivity (Wildman–Crippen MR) is 38.4 cm³/mol. The van der Waals surface area contributed by atoms with Crippen LogP contribution >= 0.6 is 11.3 Å². The van der Waals surface area contributed by atoms with Gasteiger partial charge in [-0.25, -0.2) is 0 Å². The second kappa shape index (κ2) is 2.18. The van der Waals surface area contributed by atoms with E-state index in [1.54, 1.807) is 0 Å². The summed E-state index contributed by atoms with van der Waals surface area (Å²) in [5, 5.41) is 1.90. The highest BCUT2D eigenvalue weighted by atomic mass is 32.1. The molecule has 1 aromatic heterocycles. The second-order valence-corrected chi connectivity index (χ2v) is 3.11. The third-order valence-electron chi connectivity index (χ3n) is 1.39. The smallest absolute Gasteiger partial charge is 0.203 e. The Bertz CT molecular complexity index is 236. The van der Waals surface area contributed by atoms with Crippen LogP contribution in [0.25, 0.3) is 0 Å². The molecule has 1 atom stereocenters. The van der Waals surface area contributed by atoms with Gasteiger partial charge < -0.3 is 4.74 Å². The van der Waals surface area contributed by atoms with Crippen molar-refractivity contribution < 1.29 is 9.53 Å². The van der Waals surface area contributed by atoms with Crippen molar-refractivity contribution in [2.75, 3.05) is 6.61 Å². The summed E-state index contributed by atoms with van der Waals surface area (Å²) in [6.07, 6.45) is -0.126. The Balaban J connectivity index is 2.19. The van der Waals surface area contributed by atoms with Crippen LogP contribution in [0.1, 0.15) is 9.67 Å². The number of rotatable bonds is 2. The molecule has 0 bridgehead atoms. The summed E-state index contributed by atoms with van der Waals surface area (Å²) in [5.41, 5.74) is 0. The molecule has 52 valence electrons.